The van der Waals surface area contributed by atoms with Crippen molar-refractivity contribution >= 4 is 34.1 Å². The highest BCUT2D eigenvalue weighted by Gasteiger charge is 2.09. The van der Waals surface area contributed by atoms with Crippen molar-refractivity contribution in [1.29, 1.82) is 0 Å². The highest BCUT2D eigenvalue weighted by atomic mass is 16.1. The van der Waals surface area contributed by atoms with Gasteiger partial charge in [0.05, 0.1) is 0 Å². The van der Waals surface area contributed by atoms with Crippen molar-refractivity contribution in [3.8, 4) is 22.3 Å². The van der Waals surface area contributed by atoms with E-state index in [2.05, 4.69) is 48.5 Å². The third kappa shape index (κ3) is 3.09. The zero-order valence-electron chi connectivity index (χ0n) is 16.2. The SMILES string of the molecule is O=Cc1ccc(-c2cccc3cc4c(-c5ccc(C=O)cc5)cccc4cc23)cc1. The predicted octanol–water partition coefficient (Wildman–Crippen LogP) is 6.95. The van der Waals surface area contributed by atoms with Crippen molar-refractivity contribution in [2.45, 2.75) is 0 Å². The van der Waals surface area contributed by atoms with Crippen LogP contribution in [0.3, 0.4) is 0 Å². The first-order valence-corrected chi connectivity index (χ1v) is 9.83. The molecule has 0 bridgehead atoms. The van der Waals surface area contributed by atoms with Crippen molar-refractivity contribution in [2.75, 3.05) is 0 Å². The van der Waals surface area contributed by atoms with Crippen molar-refractivity contribution in [3.05, 3.63) is 108 Å². The molecule has 0 fully saturated rings. The van der Waals surface area contributed by atoms with Crippen LogP contribution in [0.1, 0.15) is 20.7 Å². The van der Waals surface area contributed by atoms with Gasteiger partial charge in [-0.2, -0.15) is 0 Å². The first kappa shape index (κ1) is 18.0. The first-order valence-electron chi connectivity index (χ1n) is 9.83. The summed E-state index contributed by atoms with van der Waals surface area (Å²) in [6.07, 6.45) is 1.73. The van der Waals surface area contributed by atoms with Crippen molar-refractivity contribution in [2.24, 2.45) is 0 Å². The van der Waals surface area contributed by atoms with Gasteiger partial charge in [0.2, 0.25) is 0 Å². The lowest BCUT2D eigenvalue weighted by Crippen LogP contribution is -1.87. The Kier molecular flexibility index (Phi) is 4.45. The van der Waals surface area contributed by atoms with Crippen LogP contribution >= 0.6 is 0 Å². The average molecular weight is 386 g/mol. The highest BCUT2D eigenvalue weighted by molar-refractivity contribution is 6.09. The molecule has 2 nitrogen and oxygen atoms in total. The predicted molar refractivity (Wildman–Crippen MR) is 123 cm³/mol. The summed E-state index contributed by atoms with van der Waals surface area (Å²) in [5.74, 6) is 0. The summed E-state index contributed by atoms with van der Waals surface area (Å²) in [7, 11) is 0. The summed E-state index contributed by atoms with van der Waals surface area (Å²) in [6, 6.07) is 32.5. The van der Waals surface area contributed by atoms with Crippen LogP contribution in [0.15, 0.2) is 97.1 Å². The Morgan fingerprint density at radius 2 is 0.867 bits per heavy atom. The van der Waals surface area contributed by atoms with Crippen LogP contribution in [0.4, 0.5) is 0 Å². The molecule has 0 aliphatic heterocycles. The molecule has 5 aromatic rings. The molecule has 5 rings (SSSR count). The Balaban J connectivity index is 1.71. The Morgan fingerprint density at radius 1 is 0.467 bits per heavy atom. The molecule has 0 unspecified atom stereocenters. The van der Waals surface area contributed by atoms with E-state index in [0.29, 0.717) is 11.1 Å². The molecule has 0 heterocycles. The maximum Gasteiger partial charge on any atom is 0.150 e. The number of fused-ring (bicyclic) bond motifs is 2. The molecular formula is C28H18O2. The van der Waals surface area contributed by atoms with Gasteiger partial charge < -0.3 is 0 Å². The molecule has 0 saturated heterocycles. The fourth-order valence-corrected chi connectivity index (χ4v) is 4.04. The van der Waals surface area contributed by atoms with E-state index in [1.165, 1.54) is 10.8 Å². The van der Waals surface area contributed by atoms with Crippen LogP contribution in [0.25, 0.3) is 43.8 Å². The van der Waals surface area contributed by atoms with Crippen LogP contribution in [0.5, 0.6) is 0 Å². The van der Waals surface area contributed by atoms with Crippen molar-refractivity contribution < 1.29 is 9.59 Å². The van der Waals surface area contributed by atoms with E-state index >= 15 is 0 Å². The molecule has 0 spiro atoms. The summed E-state index contributed by atoms with van der Waals surface area (Å²) in [4.78, 5) is 22.0. The van der Waals surface area contributed by atoms with E-state index < -0.39 is 0 Å². The number of rotatable bonds is 4. The molecule has 0 aliphatic rings. The Bertz CT molecular complexity index is 1280. The average Bonchev–Trinajstić information content (AvgIpc) is 2.82. The van der Waals surface area contributed by atoms with Crippen molar-refractivity contribution in [3.63, 3.8) is 0 Å². The summed E-state index contributed by atoms with van der Waals surface area (Å²) in [5, 5.41) is 4.68. The van der Waals surface area contributed by atoms with Gasteiger partial charge in [0.25, 0.3) is 0 Å². The minimum Gasteiger partial charge on any atom is -0.298 e. The van der Waals surface area contributed by atoms with E-state index in [4.69, 9.17) is 0 Å². The monoisotopic (exact) mass is 386 g/mol. The van der Waals surface area contributed by atoms with Crippen LogP contribution in [0, 0.1) is 0 Å². The highest BCUT2D eigenvalue weighted by Crippen LogP contribution is 2.35. The van der Waals surface area contributed by atoms with Crippen molar-refractivity contribution in [1.82, 2.24) is 0 Å². The molecular weight excluding hydrogens is 368 g/mol. The van der Waals surface area contributed by atoms with Crippen LogP contribution in [-0.4, -0.2) is 12.6 Å². The molecule has 0 atom stereocenters. The maximum atomic E-state index is 11.0. The number of hydrogen-bond donors (Lipinski definition) is 0. The molecule has 2 heteroatoms. The van der Waals surface area contributed by atoms with E-state index in [0.717, 1.165) is 45.6 Å². The number of carbonyl (C=O) groups is 2. The summed E-state index contributed by atoms with van der Waals surface area (Å²) in [6.45, 7) is 0. The number of hydrogen-bond acceptors (Lipinski definition) is 2. The second kappa shape index (κ2) is 7.41. The fourth-order valence-electron chi connectivity index (χ4n) is 4.04. The Labute approximate surface area is 174 Å². The lowest BCUT2D eigenvalue weighted by molar-refractivity contribution is 0.111. The number of carbonyl (C=O) groups excluding carboxylic acids is 2. The van der Waals surface area contributed by atoms with Crippen LogP contribution < -0.4 is 0 Å². The van der Waals surface area contributed by atoms with Gasteiger partial charge in [0, 0.05) is 11.1 Å². The van der Waals surface area contributed by atoms with Gasteiger partial charge in [0.1, 0.15) is 12.6 Å². The second-order valence-corrected chi connectivity index (χ2v) is 7.39. The lowest BCUT2D eigenvalue weighted by atomic mass is 9.92. The first-order chi connectivity index (χ1) is 14.8. The molecule has 5 aromatic carbocycles. The van der Waals surface area contributed by atoms with Crippen LogP contribution in [-0.2, 0) is 0 Å². The Morgan fingerprint density at radius 3 is 1.23 bits per heavy atom. The molecule has 0 amide bonds. The van der Waals surface area contributed by atoms with Gasteiger partial charge in [-0.1, -0.05) is 84.9 Å². The summed E-state index contributed by atoms with van der Waals surface area (Å²) >= 11 is 0. The number of aldehydes is 2. The van der Waals surface area contributed by atoms with Gasteiger partial charge in [-0.05, 0) is 55.9 Å². The van der Waals surface area contributed by atoms with Gasteiger partial charge in [0.15, 0.2) is 0 Å². The lowest BCUT2D eigenvalue weighted by Gasteiger charge is -2.12. The topological polar surface area (TPSA) is 34.1 Å². The third-order valence-corrected chi connectivity index (χ3v) is 5.59. The quantitative estimate of drug-likeness (QED) is 0.247. The standard InChI is InChI=1S/C28H18O2/c29-17-19-7-11-21(12-8-19)25-5-1-3-23-15-28-24(16-27(23)25)4-2-6-26(28)22-13-9-20(18-30)10-14-22/h1-18H. The van der Waals surface area contributed by atoms with E-state index in [1.807, 2.05) is 48.5 Å². The summed E-state index contributed by atoms with van der Waals surface area (Å²) in [5.41, 5.74) is 5.82. The fraction of sp³-hybridized carbons (Fsp3) is 0. The molecule has 0 aromatic heterocycles. The minimum atomic E-state index is 0.676. The van der Waals surface area contributed by atoms with E-state index in [1.54, 1.807) is 0 Å². The molecule has 0 N–H and O–H groups in total. The Hall–Kier alpha value is -4.04. The van der Waals surface area contributed by atoms with E-state index in [-0.39, 0.29) is 0 Å². The second-order valence-electron chi connectivity index (χ2n) is 7.39. The normalized spacial score (nSPS) is 10.9. The summed E-state index contributed by atoms with van der Waals surface area (Å²) < 4.78 is 0. The molecule has 0 saturated carbocycles. The maximum absolute atomic E-state index is 11.0. The third-order valence-electron chi connectivity index (χ3n) is 5.59. The van der Waals surface area contributed by atoms with Gasteiger partial charge in [-0.25, -0.2) is 0 Å². The van der Waals surface area contributed by atoms with Gasteiger partial charge in [-0.3, -0.25) is 9.59 Å². The minimum absolute atomic E-state index is 0.676. The van der Waals surface area contributed by atoms with E-state index in [9.17, 15) is 9.59 Å². The van der Waals surface area contributed by atoms with Gasteiger partial charge in [-0.15, -0.1) is 0 Å². The van der Waals surface area contributed by atoms with Crippen LogP contribution in [0.2, 0.25) is 0 Å². The zero-order valence-corrected chi connectivity index (χ0v) is 16.2. The largest absolute Gasteiger partial charge is 0.298 e. The smallest absolute Gasteiger partial charge is 0.150 e. The van der Waals surface area contributed by atoms with Gasteiger partial charge >= 0.3 is 0 Å². The zero-order chi connectivity index (χ0) is 20.5. The molecule has 30 heavy (non-hydrogen) atoms. The molecule has 142 valence electrons. The number of benzene rings is 5. The molecule has 0 radical (unpaired) electrons. The molecule has 0 aliphatic carbocycles.